The maximum Gasteiger partial charge on any atom is 0.313 e. The van der Waals surface area contributed by atoms with Crippen molar-refractivity contribution in [2.75, 3.05) is 6.61 Å². The molecule has 0 aromatic heterocycles. The highest BCUT2D eigenvalue weighted by atomic mass is 16.5. The monoisotopic (exact) mass is 184 g/mol. The van der Waals surface area contributed by atoms with Crippen LogP contribution in [0, 0.1) is 0 Å². The van der Waals surface area contributed by atoms with Crippen molar-refractivity contribution in [1.29, 1.82) is 0 Å². The van der Waals surface area contributed by atoms with E-state index in [1.54, 1.807) is 0 Å². The summed E-state index contributed by atoms with van der Waals surface area (Å²) >= 11 is 0. The van der Waals surface area contributed by atoms with Crippen LogP contribution in [0.2, 0.25) is 0 Å². The predicted molar refractivity (Wildman–Crippen MR) is 46.1 cm³/mol. The number of rotatable bonds is 6. The van der Waals surface area contributed by atoms with E-state index in [1.807, 2.05) is 0 Å². The average Bonchev–Trinajstić information content (AvgIpc) is 1.98. The molecule has 0 aliphatic heterocycles. The zero-order chi connectivity index (χ0) is 10.3. The van der Waals surface area contributed by atoms with E-state index in [-0.39, 0.29) is 25.2 Å². The molecule has 0 amide bonds. The molecule has 13 heavy (non-hydrogen) atoms. The first-order valence-corrected chi connectivity index (χ1v) is 3.84. The Morgan fingerprint density at radius 2 is 1.92 bits per heavy atom. The van der Waals surface area contributed by atoms with Crippen LogP contribution in [0.5, 0.6) is 0 Å². The van der Waals surface area contributed by atoms with Gasteiger partial charge in [0.25, 0.3) is 0 Å². The van der Waals surface area contributed by atoms with E-state index in [9.17, 15) is 14.4 Å². The Balaban J connectivity index is 3.71. The van der Waals surface area contributed by atoms with Crippen molar-refractivity contribution < 1.29 is 19.1 Å². The summed E-state index contributed by atoms with van der Waals surface area (Å²) in [7, 11) is 0. The lowest BCUT2D eigenvalue weighted by Gasteiger charge is -1.99. The molecule has 0 saturated carbocycles. The molecule has 4 nitrogen and oxygen atoms in total. The first-order chi connectivity index (χ1) is 6.06. The molecular formula is C9H12O4. The van der Waals surface area contributed by atoms with Crippen molar-refractivity contribution in [1.82, 2.24) is 0 Å². The Morgan fingerprint density at radius 3 is 2.38 bits per heavy atom. The predicted octanol–water partition coefficient (Wildman–Crippen LogP) is 0.654. The molecule has 4 heteroatoms. The lowest BCUT2D eigenvalue weighted by atomic mass is 10.2. The lowest BCUT2D eigenvalue weighted by Crippen LogP contribution is -2.13. The zero-order valence-electron chi connectivity index (χ0n) is 7.54. The van der Waals surface area contributed by atoms with E-state index in [4.69, 9.17) is 0 Å². The van der Waals surface area contributed by atoms with Crippen molar-refractivity contribution in [3.63, 3.8) is 0 Å². The number of carbonyl (C=O) groups is 3. The molecule has 0 fully saturated rings. The summed E-state index contributed by atoms with van der Waals surface area (Å²) in [6, 6.07) is 0. The van der Waals surface area contributed by atoms with Gasteiger partial charge in [0.2, 0.25) is 0 Å². The van der Waals surface area contributed by atoms with Gasteiger partial charge < -0.3 is 4.74 Å². The fourth-order valence-electron chi connectivity index (χ4n) is 0.704. The zero-order valence-corrected chi connectivity index (χ0v) is 7.54. The van der Waals surface area contributed by atoms with E-state index in [2.05, 4.69) is 11.3 Å². The van der Waals surface area contributed by atoms with E-state index in [0.717, 1.165) is 0 Å². The summed E-state index contributed by atoms with van der Waals surface area (Å²) in [5, 5.41) is 0. The summed E-state index contributed by atoms with van der Waals surface area (Å²) in [6.45, 7) is 4.73. The second-order valence-electron chi connectivity index (χ2n) is 2.57. The second kappa shape index (κ2) is 6.11. The maximum atomic E-state index is 10.9. The highest BCUT2D eigenvalue weighted by Crippen LogP contribution is 1.94. The van der Waals surface area contributed by atoms with E-state index in [0.29, 0.717) is 0 Å². The molecule has 0 aromatic rings. The minimum Gasteiger partial charge on any atom is -0.461 e. The van der Waals surface area contributed by atoms with Crippen LogP contribution in [0.4, 0.5) is 0 Å². The molecule has 0 unspecified atom stereocenters. The quantitative estimate of drug-likeness (QED) is 0.345. The molecule has 0 radical (unpaired) electrons. The molecule has 0 saturated heterocycles. The van der Waals surface area contributed by atoms with Crippen molar-refractivity contribution in [2.24, 2.45) is 0 Å². The molecule has 0 spiro atoms. The number of carbonyl (C=O) groups excluding carboxylic acids is 3. The lowest BCUT2D eigenvalue weighted by molar-refractivity contribution is -0.145. The Labute approximate surface area is 76.6 Å². The Bertz CT molecular complexity index is 230. The number of Topliss-reactive ketones (excluding diaryl/α,β-unsaturated/α-hetero) is 2. The minimum absolute atomic E-state index is 0.0895. The van der Waals surface area contributed by atoms with Gasteiger partial charge in [-0.2, -0.15) is 0 Å². The molecule has 0 aromatic carbocycles. The number of hydrogen-bond acceptors (Lipinski definition) is 4. The van der Waals surface area contributed by atoms with Crippen LogP contribution in [0.3, 0.4) is 0 Å². The van der Waals surface area contributed by atoms with E-state index in [1.165, 1.54) is 13.0 Å². The third-order valence-electron chi connectivity index (χ3n) is 1.15. The summed E-state index contributed by atoms with van der Waals surface area (Å²) in [5.74, 6) is -1.28. The molecule has 0 aliphatic carbocycles. The normalized spacial score (nSPS) is 9.00. The van der Waals surface area contributed by atoms with Gasteiger partial charge in [-0.15, -0.1) is 0 Å². The summed E-state index contributed by atoms with van der Waals surface area (Å²) in [5.41, 5.74) is 0. The molecule has 0 atom stereocenters. The Morgan fingerprint density at radius 1 is 1.31 bits per heavy atom. The first kappa shape index (κ1) is 11.6. The van der Waals surface area contributed by atoms with E-state index >= 15 is 0 Å². The van der Waals surface area contributed by atoms with Crippen LogP contribution < -0.4 is 0 Å². The standard InChI is InChI=1S/C9H12O4/c1-3-4-13-9(12)6-8(11)5-7(2)10/h3H,1,4-6H2,2H3. The molecule has 0 N–H and O–H groups in total. The molecule has 0 heterocycles. The van der Waals surface area contributed by atoms with Crippen molar-refractivity contribution >= 4 is 17.5 Å². The van der Waals surface area contributed by atoms with Crippen molar-refractivity contribution in [2.45, 2.75) is 19.8 Å². The molecule has 72 valence electrons. The van der Waals surface area contributed by atoms with Gasteiger partial charge in [-0.25, -0.2) is 0 Å². The van der Waals surface area contributed by atoms with Gasteiger partial charge in [0.05, 0.1) is 6.42 Å². The fraction of sp³-hybridized carbons (Fsp3) is 0.444. The molecular weight excluding hydrogens is 172 g/mol. The van der Waals surface area contributed by atoms with Crippen LogP contribution in [-0.2, 0) is 19.1 Å². The second-order valence-corrected chi connectivity index (χ2v) is 2.57. The van der Waals surface area contributed by atoms with Gasteiger partial charge in [0.15, 0.2) is 5.78 Å². The van der Waals surface area contributed by atoms with Crippen molar-refractivity contribution in [3.05, 3.63) is 12.7 Å². The van der Waals surface area contributed by atoms with Gasteiger partial charge in [-0.3, -0.25) is 14.4 Å². The average molecular weight is 184 g/mol. The molecule has 0 bridgehead atoms. The smallest absolute Gasteiger partial charge is 0.313 e. The van der Waals surface area contributed by atoms with Crippen LogP contribution in [-0.4, -0.2) is 24.1 Å². The number of ether oxygens (including phenoxy) is 1. The van der Waals surface area contributed by atoms with E-state index < -0.39 is 11.8 Å². The third kappa shape index (κ3) is 6.93. The SMILES string of the molecule is C=CCOC(=O)CC(=O)CC(C)=O. The highest BCUT2D eigenvalue weighted by molar-refractivity contribution is 6.04. The number of ketones is 2. The highest BCUT2D eigenvalue weighted by Gasteiger charge is 2.11. The van der Waals surface area contributed by atoms with Crippen molar-refractivity contribution in [3.8, 4) is 0 Å². The first-order valence-electron chi connectivity index (χ1n) is 3.84. The Kier molecular flexibility index (Phi) is 5.43. The van der Waals surface area contributed by atoms with Crippen LogP contribution in [0.25, 0.3) is 0 Å². The maximum absolute atomic E-state index is 10.9. The largest absolute Gasteiger partial charge is 0.461 e. The van der Waals surface area contributed by atoms with Crippen LogP contribution in [0.15, 0.2) is 12.7 Å². The molecule has 0 aliphatic rings. The molecule has 0 rings (SSSR count). The summed E-state index contributed by atoms with van der Waals surface area (Å²) in [6.07, 6.45) is 0.865. The van der Waals surface area contributed by atoms with Gasteiger partial charge in [0, 0.05) is 0 Å². The third-order valence-corrected chi connectivity index (χ3v) is 1.15. The minimum atomic E-state index is -0.619. The van der Waals surface area contributed by atoms with Crippen LogP contribution >= 0.6 is 0 Å². The summed E-state index contributed by atoms with van der Waals surface area (Å²) in [4.78, 5) is 32.1. The van der Waals surface area contributed by atoms with Gasteiger partial charge in [0.1, 0.15) is 18.8 Å². The van der Waals surface area contributed by atoms with Gasteiger partial charge in [-0.1, -0.05) is 12.7 Å². The topological polar surface area (TPSA) is 60.4 Å². The Hall–Kier alpha value is -1.45. The number of hydrogen-bond donors (Lipinski definition) is 0. The van der Waals surface area contributed by atoms with Crippen LogP contribution in [0.1, 0.15) is 19.8 Å². The van der Waals surface area contributed by atoms with Gasteiger partial charge >= 0.3 is 5.97 Å². The summed E-state index contributed by atoms with van der Waals surface area (Å²) < 4.78 is 4.55. The fourth-order valence-corrected chi connectivity index (χ4v) is 0.704. The number of esters is 1. The van der Waals surface area contributed by atoms with Gasteiger partial charge in [-0.05, 0) is 6.92 Å².